The molecule has 0 amide bonds. The maximum Gasteiger partial charge on any atom is 0.192 e. The second kappa shape index (κ2) is 12.4. The molecule has 9 rings (SSSR count). The normalized spacial score (nSPS) is 11.3. The van der Waals surface area contributed by atoms with Gasteiger partial charge in [-0.25, -0.2) is 15.0 Å². The molecule has 0 radical (unpaired) electrons. The van der Waals surface area contributed by atoms with Gasteiger partial charge in [0.15, 0.2) is 17.3 Å². The van der Waals surface area contributed by atoms with Crippen LogP contribution in [0, 0.1) is 6.92 Å². The maximum absolute atomic E-state index is 5.69. The fourth-order valence-corrected chi connectivity index (χ4v) is 6.76. The van der Waals surface area contributed by atoms with E-state index >= 15 is 0 Å². The lowest BCUT2D eigenvalue weighted by Crippen LogP contribution is -1.96. The molecule has 0 N–H and O–H groups in total. The number of hydrogen-bond acceptors (Lipinski definition) is 4. The summed E-state index contributed by atoms with van der Waals surface area (Å²) in [5, 5.41) is 2.41. The van der Waals surface area contributed by atoms with Crippen LogP contribution in [-0.4, -0.2) is 15.0 Å². The molecular formula is C46H31N3O. The summed E-state index contributed by atoms with van der Waals surface area (Å²) >= 11 is 0. The molecule has 0 fully saturated rings. The van der Waals surface area contributed by atoms with Crippen LogP contribution in [0.1, 0.15) is 5.89 Å². The molecule has 236 valence electrons. The maximum atomic E-state index is 5.69. The van der Waals surface area contributed by atoms with Crippen molar-refractivity contribution in [1.82, 2.24) is 15.0 Å². The minimum absolute atomic E-state index is 0.675. The Balaban J connectivity index is 1.12. The number of hydrogen-bond donors (Lipinski definition) is 0. The lowest BCUT2D eigenvalue weighted by Gasteiger charge is -2.15. The Bertz CT molecular complexity index is 2570. The average Bonchev–Trinajstić information content (AvgIpc) is 3.57. The molecule has 0 aliphatic rings. The molecule has 0 saturated carbocycles. The molecule has 0 saturated heterocycles. The zero-order valence-electron chi connectivity index (χ0n) is 27.4. The van der Waals surface area contributed by atoms with Crippen molar-refractivity contribution in [2.75, 3.05) is 0 Å². The van der Waals surface area contributed by atoms with Crippen molar-refractivity contribution < 1.29 is 4.42 Å². The SMILES string of the molecule is Cc1nc2cc(-c3ccc(-c4ccc5ccccc5c4-c4ccc(-c5nc(-c6ccccc6)cc(-c6ccccc6)n5)cc4)cc3)ccc2o1. The van der Waals surface area contributed by atoms with E-state index in [-0.39, 0.29) is 0 Å². The first-order valence-corrected chi connectivity index (χ1v) is 16.8. The van der Waals surface area contributed by atoms with Gasteiger partial charge in [-0.3, -0.25) is 0 Å². The highest BCUT2D eigenvalue weighted by Crippen LogP contribution is 2.40. The molecule has 0 unspecified atom stereocenters. The first-order valence-electron chi connectivity index (χ1n) is 16.8. The molecular weight excluding hydrogens is 611 g/mol. The Morgan fingerprint density at radius 2 is 1.00 bits per heavy atom. The molecule has 0 aliphatic carbocycles. The summed E-state index contributed by atoms with van der Waals surface area (Å²) in [5.74, 6) is 1.37. The van der Waals surface area contributed by atoms with Crippen molar-refractivity contribution >= 4 is 21.9 Å². The van der Waals surface area contributed by atoms with E-state index in [1.165, 1.54) is 21.9 Å². The van der Waals surface area contributed by atoms with Gasteiger partial charge in [-0.05, 0) is 62.4 Å². The van der Waals surface area contributed by atoms with Crippen molar-refractivity contribution in [2.45, 2.75) is 6.92 Å². The molecule has 0 aliphatic heterocycles. The van der Waals surface area contributed by atoms with Gasteiger partial charge in [0.1, 0.15) is 5.52 Å². The van der Waals surface area contributed by atoms with Gasteiger partial charge in [0, 0.05) is 23.6 Å². The first kappa shape index (κ1) is 29.5. The Hall–Kier alpha value is -6.65. The number of nitrogens with zero attached hydrogens (tertiary/aromatic N) is 3. The monoisotopic (exact) mass is 641 g/mol. The first-order chi connectivity index (χ1) is 24.7. The largest absolute Gasteiger partial charge is 0.441 e. The van der Waals surface area contributed by atoms with Crippen molar-refractivity contribution in [1.29, 1.82) is 0 Å². The van der Waals surface area contributed by atoms with E-state index in [0.29, 0.717) is 11.7 Å². The molecule has 0 spiro atoms. The van der Waals surface area contributed by atoms with Crippen LogP contribution >= 0.6 is 0 Å². The number of aromatic nitrogens is 3. The summed E-state index contributed by atoms with van der Waals surface area (Å²) < 4.78 is 5.69. The number of oxazole rings is 1. The van der Waals surface area contributed by atoms with E-state index < -0.39 is 0 Å². The summed E-state index contributed by atoms with van der Waals surface area (Å²) in [6.07, 6.45) is 0. The van der Waals surface area contributed by atoms with Gasteiger partial charge in [-0.1, -0.05) is 152 Å². The molecule has 7 aromatic carbocycles. The van der Waals surface area contributed by atoms with Crippen LogP contribution in [-0.2, 0) is 0 Å². The summed E-state index contributed by atoms with van der Waals surface area (Å²) in [6, 6.07) is 59.4. The molecule has 4 nitrogen and oxygen atoms in total. The molecule has 9 aromatic rings. The van der Waals surface area contributed by atoms with Gasteiger partial charge in [-0.15, -0.1) is 0 Å². The lowest BCUT2D eigenvalue weighted by molar-refractivity contribution is 0.561. The average molecular weight is 642 g/mol. The Morgan fingerprint density at radius 1 is 0.420 bits per heavy atom. The fraction of sp³-hybridized carbons (Fsp3) is 0.0217. The van der Waals surface area contributed by atoms with E-state index in [1.807, 2.05) is 49.4 Å². The van der Waals surface area contributed by atoms with Gasteiger partial charge < -0.3 is 4.42 Å². The quantitative estimate of drug-likeness (QED) is 0.181. The van der Waals surface area contributed by atoms with E-state index in [4.69, 9.17) is 14.4 Å². The number of benzene rings is 7. The van der Waals surface area contributed by atoms with Crippen molar-refractivity contribution in [2.24, 2.45) is 0 Å². The predicted octanol–water partition coefficient (Wildman–Crippen LogP) is 12.1. The van der Waals surface area contributed by atoms with Crippen molar-refractivity contribution in [3.05, 3.63) is 176 Å². The topological polar surface area (TPSA) is 51.8 Å². The van der Waals surface area contributed by atoms with Crippen LogP contribution in [0.5, 0.6) is 0 Å². The highest BCUT2D eigenvalue weighted by Gasteiger charge is 2.15. The van der Waals surface area contributed by atoms with E-state index in [2.05, 4.69) is 132 Å². The van der Waals surface area contributed by atoms with Crippen LogP contribution in [0.4, 0.5) is 0 Å². The molecule has 2 aromatic heterocycles. The summed E-state index contributed by atoms with van der Waals surface area (Å²) in [4.78, 5) is 14.6. The van der Waals surface area contributed by atoms with Crippen LogP contribution in [0.15, 0.2) is 174 Å². The molecule has 0 atom stereocenters. The van der Waals surface area contributed by atoms with Gasteiger partial charge in [0.05, 0.1) is 11.4 Å². The predicted molar refractivity (Wildman–Crippen MR) is 204 cm³/mol. The number of fused-ring (bicyclic) bond motifs is 2. The zero-order valence-corrected chi connectivity index (χ0v) is 27.4. The van der Waals surface area contributed by atoms with Crippen LogP contribution < -0.4 is 0 Å². The Kier molecular flexibility index (Phi) is 7.33. The third-order valence-corrected chi connectivity index (χ3v) is 9.25. The van der Waals surface area contributed by atoms with Crippen LogP contribution in [0.3, 0.4) is 0 Å². The van der Waals surface area contributed by atoms with E-state index in [0.717, 1.165) is 61.4 Å². The second-order valence-electron chi connectivity index (χ2n) is 12.5. The van der Waals surface area contributed by atoms with Gasteiger partial charge in [-0.2, -0.15) is 0 Å². The molecule has 0 bridgehead atoms. The molecule has 2 heterocycles. The fourth-order valence-electron chi connectivity index (χ4n) is 6.76. The Morgan fingerprint density at radius 3 is 1.70 bits per heavy atom. The van der Waals surface area contributed by atoms with E-state index in [1.54, 1.807) is 0 Å². The standard InChI is InChI=1S/C46H31N3O/c1-30-47-43-28-38(25-27-44(43)50-30)31-16-18-33(19-17-31)40-26-24-32-10-8-9-15-39(32)45(40)36-20-22-37(23-21-36)46-48-41(34-11-4-2-5-12-34)29-42(49-46)35-13-6-3-7-14-35/h2-29H,1H3. The summed E-state index contributed by atoms with van der Waals surface area (Å²) in [5.41, 5.74) is 13.5. The smallest absolute Gasteiger partial charge is 0.192 e. The van der Waals surface area contributed by atoms with Crippen LogP contribution in [0.2, 0.25) is 0 Å². The van der Waals surface area contributed by atoms with Gasteiger partial charge in [0.2, 0.25) is 0 Å². The third kappa shape index (κ3) is 5.53. The van der Waals surface area contributed by atoms with Crippen LogP contribution in [0.25, 0.3) is 89.2 Å². The van der Waals surface area contributed by atoms with E-state index in [9.17, 15) is 0 Å². The highest BCUT2D eigenvalue weighted by atomic mass is 16.3. The van der Waals surface area contributed by atoms with Gasteiger partial charge in [0.25, 0.3) is 0 Å². The zero-order chi connectivity index (χ0) is 33.4. The Labute approximate surface area is 290 Å². The number of rotatable bonds is 6. The minimum Gasteiger partial charge on any atom is -0.441 e. The third-order valence-electron chi connectivity index (χ3n) is 9.25. The summed E-state index contributed by atoms with van der Waals surface area (Å²) in [6.45, 7) is 1.88. The minimum atomic E-state index is 0.675. The van der Waals surface area contributed by atoms with Crippen molar-refractivity contribution in [3.8, 4) is 67.3 Å². The molecule has 4 heteroatoms. The van der Waals surface area contributed by atoms with Gasteiger partial charge >= 0.3 is 0 Å². The summed E-state index contributed by atoms with van der Waals surface area (Å²) in [7, 11) is 0. The highest BCUT2D eigenvalue weighted by molar-refractivity contribution is 6.04. The lowest BCUT2D eigenvalue weighted by atomic mass is 9.89. The van der Waals surface area contributed by atoms with Crippen molar-refractivity contribution in [3.63, 3.8) is 0 Å². The second-order valence-corrected chi connectivity index (χ2v) is 12.5. The number of aryl methyl sites for hydroxylation is 1. The molecule has 50 heavy (non-hydrogen) atoms.